The number of rotatable bonds is 8. The van der Waals surface area contributed by atoms with Gasteiger partial charge < -0.3 is 14.4 Å². The van der Waals surface area contributed by atoms with E-state index in [0.717, 1.165) is 0 Å². The van der Waals surface area contributed by atoms with Gasteiger partial charge in [-0.2, -0.15) is 0 Å². The molecule has 1 heterocycles. The van der Waals surface area contributed by atoms with Crippen LogP contribution in [0.2, 0.25) is 0 Å². The zero-order valence-corrected chi connectivity index (χ0v) is 14.2. The van der Waals surface area contributed by atoms with E-state index in [1.165, 1.54) is 0 Å². The third-order valence-corrected chi connectivity index (χ3v) is 4.86. The predicted molar refractivity (Wildman–Crippen MR) is 84.8 cm³/mol. The summed E-state index contributed by atoms with van der Waals surface area (Å²) in [6, 6.07) is 8.92. The van der Waals surface area contributed by atoms with Crippen LogP contribution in [0.3, 0.4) is 0 Å². The van der Waals surface area contributed by atoms with Gasteiger partial charge in [-0.3, -0.25) is 13.9 Å². The second-order valence-corrected chi connectivity index (χ2v) is 7.41. The number of hydrogen-bond acceptors (Lipinski definition) is 5. The van der Waals surface area contributed by atoms with Crippen molar-refractivity contribution in [2.45, 2.75) is 44.6 Å². The van der Waals surface area contributed by atoms with Gasteiger partial charge in [-0.1, -0.05) is 37.3 Å². The standard InChI is InChI=1S/C16H23O6P/c1-2-10-20-15(17)12-16(9-6-11-21-16)22-23(18,19)13-14-7-4-3-5-8-14/h3-5,7-8H,2,6,9-13H2,1H3,(H,18,19). The lowest BCUT2D eigenvalue weighted by molar-refractivity contribution is -0.179. The summed E-state index contributed by atoms with van der Waals surface area (Å²) in [7, 11) is -3.94. The first-order valence-corrected chi connectivity index (χ1v) is 9.57. The van der Waals surface area contributed by atoms with E-state index >= 15 is 0 Å². The number of benzene rings is 1. The van der Waals surface area contributed by atoms with Crippen LogP contribution < -0.4 is 0 Å². The highest BCUT2D eigenvalue weighted by molar-refractivity contribution is 7.52. The average molecular weight is 342 g/mol. The molecule has 1 aliphatic heterocycles. The molecular weight excluding hydrogens is 319 g/mol. The number of esters is 1. The zero-order chi connectivity index (χ0) is 16.8. The van der Waals surface area contributed by atoms with Crippen LogP contribution in [0.25, 0.3) is 0 Å². The Kier molecular flexibility index (Phi) is 6.36. The summed E-state index contributed by atoms with van der Waals surface area (Å²) < 4.78 is 28.4. The Labute approximate surface area is 136 Å². The van der Waals surface area contributed by atoms with E-state index in [2.05, 4.69) is 0 Å². The molecule has 0 aliphatic carbocycles. The first-order chi connectivity index (χ1) is 10.9. The molecule has 1 aromatic carbocycles. The summed E-state index contributed by atoms with van der Waals surface area (Å²) in [5.41, 5.74) is 0.694. The van der Waals surface area contributed by atoms with E-state index in [0.29, 0.717) is 38.0 Å². The van der Waals surface area contributed by atoms with Crippen molar-refractivity contribution in [2.75, 3.05) is 13.2 Å². The topological polar surface area (TPSA) is 82.1 Å². The second kappa shape index (κ2) is 8.06. The lowest BCUT2D eigenvalue weighted by atomic mass is 10.1. The summed E-state index contributed by atoms with van der Waals surface area (Å²) in [6.45, 7) is 2.61. The van der Waals surface area contributed by atoms with Crippen LogP contribution in [0.15, 0.2) is 30.3 Å². The average Bonchev–Trinajstić information content (AvgIpc) is 2.92. The Morgan fingerprint density at radius 2 is 2.13 bits per heavy atom. The van der Waals surface area contributed by atoms with E-state index < -0.39 is 19.4 Å². The molecular formula is C16H23O6P. The fraction of sp³-hybridized carbons (Fsp3) is 0.562. The largest absolute Gasteiger partial charge is 0.466 e. The van der Waals surface area contributed by atoms with Crippen molar-refractivity contribution >= 4 is 13.6 Å². The van der Waals surface area contributed by atoms with Gasteiger partial charge in [0, 0.05) is 6.42 Å². The van der Waals surface area contributed by atoms with E-state index in [4.69, 9.17) is 14.0 Å². The van der Waals surface area contributed by atoms with Gasteiger partial charge in [-0.15, -0.1) is 0 Å². The number of hydrogen-bond donors (Lipinski definition) is 1. The highest BCUT2D eigenvalue weighted by atomic mass is 31.2. The molecule has 0 bridgehead atoms. The summed E-state index contributed by atoms with van der Waals surface area (Å²) >= 11 is 0. The minimum Gasteiger partial charge on any atom is -0.466 e. The van der Waals surface area contributed by atoms with Gasteiger partial charge in [0.05, 0.1) is 19.4 Å². The molecule has 0 aromatic heterocycles. The highest BCUT2D eigenvalue weighted by Gasteiger charge is 2.44. The smallest absolute Gasteiger partial charge is 0.335 e. The molecule has 1 N–H and O–H groups in total. The highest BCUT2D eigenvalue weighted by Crippen LogP contribution is 2.52. The van der Waals surface area contributed by atoms with Crippen LogP contribution in [-0.2, 0) is 29.5 Å². The zero-order valence-electron chi connectivity index (χ0n) is 13.3. The van der Waals surface area contributed by atoms with Crippen LogP contribution >= 0.6 is 7.60 Å². The maximum Gasteiger partial charge on any atom is 0.335 e. The Balaban J connectivity index is 2.03. The van der Waals surface area contributed by atoms with E-state index in [1.54, 1.807) is 24.3 Å². The van der Waals surface area contributed by atoms with Crippen molar-refractivity contribution in [1.82, 2.24) is 0 Å². The Morgan fingerprint density at radius 1 is 1.39 bits per heavy atom. The Morgan fingerprint density at radius 3 is 2.74 bits per heavy atom. The minimum absolute atomic E-state index is 0.122. The number of carbonyl (C=O) groups is 1. The normalized spacial score (nSPS) is 23.4. The molecule has 2 atom stereocenters. The van der Waals surface area contributed by atoms with Crippen LogP contribution in [0, 0.1) is 0 Å². The summed E-state index contributed by atoms with van der Waals surface area (Å²) in [5.74, 6) is -1.84. The van der Waals surface area contributed by atoms with Crippen LogP contribution in [0.4, 0.5) is 0 Å². The number of carbonyl (C=O) groups excluding carboxylic acids is 1. The molecule has 1 aromatic rings. The van der Waals surface area contributed by atoms with Gasteiger partial charge in [0.2, 0.25) is 0 Å². The molecule has 0 saturated carbocycles. The predicted octanol–water partition coefficient (Wildman–Crippen LogP) is 3.24. The fourth-order valence-electron chi connectivity index (χ4n) is 2.51. The van der Waals surface area contributed by atoms with Crippen molar-refractivity contribution in [3.63, 3.8) is 0 Å². The maximum atomic E-state index is 12.4. The van der Waals surface area contributed by atoms with E-state index in [1.807, 2.05) is 13.0 Å². The Bertz CT molecular complexity index is 553. The molecule has 128 valence electrons. The molecule has 23 heavy (non-hydrogen) atoms. The van der Waals surface area contributed by atoms with Gasteiger partial charge in [0.1, 0.15) is 6.42 Å². The molecule has 0 spiro atoms. The summed E-state index contributed by atoms with van der Waals surface area (Å²) in [4.78, 5) is 22.0. The Hall–Kier alpha value is -1.20. The van der Waals surface area contributed by atoms with Crippen molar-refractivity contribution in [1.29, 1.82) is 0 Å². The lowest BCUT2D eigenvalue weighted by Gasteiger charge is -2.29. The fourth-order valence-corrected chi connectivity index (χ4v) is 3.97. The van der Waals surface area contributed by atoms with Gasteiger partial charge in [0.15, 0.2) is 5.79 Å². The van der Waals surface area contributed by atoms with Gasteiger partial charge >= 0.3 is 13.6 Å². The third kappa shape index (κ3) is 5.74. The molecule has 1 saturated heterocycles. The van der Waals surface area contributed by atoms with Gasteiger partial charge in [-0.25, -0.2) is 0 Å². The molecule has 2 rings (SSSR count). The molecule has 1 aliphatic rings. The second-order valence-electron chi connectivity index (χ2n) is 5.63. The van der Waals surface area contributed by atoms with Gasteiger partial charge in [-0.05, 0) is 18.4 Å². The van der Waals surface area contributed by atoms with E-state index in [9.17, 15) is 14.3 Å². The summed E-state index contributed by atoms with van der Waals surface area (Å²) in [5, 5.41) is 0. The molecule has 7 heteroatoms. The van der Waals surface area contributed by atoms with Crippen molar-refractivity contribution < 1.29 is 28.3 Å². The van der Waals surface area contributed by atoms with Crippen LogP contribution in [0.1, 0.15) is 38.2 Å². The van der Waals surface area contributed by atoms with Crippen molar-refractivity contribution in [2.24, 2.45) is 0 Å². The first kappa shape index (κ1) is 18.1. The SMILES string of the molecule is CCCOC(=O)CC1(OP(=O)(O)Cc2ccccc2)CCCO1. The van der Waals surface area contributed by atoms with Crippen molar-refractivity contribution in [3.8, 4) is 0 Å². The van der Waals surface area contributed by atoms with Gasteiger partial charge in [0.25, 0.3) is 0 Å². The summed E-state index contributed by atoms with van der Waals surface area (Å²) in [6.07, 6.45) is 1.49. The molecule has 0 radical (unpaired) electrons. The molecule has 0 amide bonds. The van der Waals surface area contributed by atoms with Crippen molar-refractivity contribution in [3.05, 3.63) is 35.9 Å². The molecule has 2 unspecified atom stereocenters. The number of ether oxygens (including phenoxy) is 2. The van der Waals surface area contributed by atoms with Crippen LogP contribution in [-0.4, -0.2) is 29.9 Å². The lowest BCUT2D eigenvalue weighted by Crippen LogP contribution is -2.34. The monoisotopic (exact) mass is 342 g/mol. The quantitative estimate of drug-likeness (QED) is 0.577. The van der Waals surface area contributed by atoms with E-state index in [-0.39, 0.29) is 12.6 Å². The molecule has 6 nitrogen and oxygen atoms in total. The molecule has 1 fully saturated rings. The first-order valence-electron chi connectivity index (χ1n) is 7.81. The maximum absolute atomic E-state index is 12.4. The minimum atomic E-state index is -3.94. The van der Waals surface area contributed by atoms with Crippen LogP contribution in [0.5, 0.6) is 0 Å². The third-order valence-electron chi connectivity index (χ3n) is 3.48.